The number of aryl methyl sites for hydroxylation is 1. The van der Waals surface area contributed by atoms with Gasteiger partial charge >= 0.3 is 5.63 Å². The van der Waals surface area contributed by atoms with Crippen LogP contribution in [0.4, 0.5) is 0 Å². The van der Waals surface area contributed by atoms with E-state index in [2.05, 4.69) is 0 Å². The molecule has 3 aromatic rings. The first-order valence-electron chi connectivity index (χ1n) is 8.91. The van der Waals surface area contributed by atoms with E-state index in [0.717, 1.165) is 5.56 Å². The van der Waals surface area contributed by atoms with Gasteiger partial charge in [0, 0.05) is 19.0 Å². The number of ether oxygens (including phenoxy) is 2. The van der Waals surface area contributed by atoms with Gasteiger partial charge in [-0.15, -0.1) is 0 Å². The van der Waals surface area contributed by atoms with Crippen LogP contribution in [0, 0.1) is 6.92 Å². The molecule has 146 valence electrons. The molecule has 0 aliphatic rings. The third-order valence-electron chi connectivity index (χ3n) is 4.81. The summed E-state index contributed by atoms with van der Waals surface area (Å²) in [6, 6.07) is 13.3. The van der Waals surface area contributed by atoms with Crippen molar-refractivity contribution in [2.45, 2.75) is 19.9 Å². The molecule has 0 N–H and O–H groups in total. The number of methoxy groups -OCH3 is 2. The van der Waals surface area contributed by atoms with E-state index in [0.29, 0.717) is 40.1 Å². The molecule has 6 nitrogen and oxygen atoms in total. The van der Waals surface area contributed by atoms with E-state index >= 15 is 0 Å². The average molecular weight is 381 g/mol. The maximum atomic E-state index is 12.7. The van der Waals surface area contributed by atoms with Gasteiger partial charge in [0.15, 0.2) is 11.3 Å². The number of hydrogen-bond acceptors (Lipinski definition) is 5. The van der Waals surface area contributed by atoms with Crippen molar-refractivity contribution in [1.29, 1.82) is 0 Å². The number of amides is 1. The first-order valence-corrected chi connectivity index (χ1v) is 8.91. The highest BCUT2D eigenvalue weighted by atomic mass is 16.5. The van der Waals surface area contributed by atoms with E-state index in [9.17, 15) is 9.59 Å². The zero-order chi connectivity index (χ0) is 20.3. The molecule has 0 aliphatic carbocycles. The van der Waals surface area contributed by atoms with Gasteiger partial charge in [0.25, 0.3) is 0 Å². The van der Waals surface area contributed by atoms with Crippen molar-refractivity contribution < 1.29 is 18.7 Å². The number of rotatable bonds is 6. The van der Waals surface area contributed by atoms with Crippen molar-refractivity contribution >= 4 is 16.9 Å². The van der Waals surface area contributed by atoms with Crippen molar-refractivity contribution in [3.8, 4) is 11.5 Å². The fourth-order valence-corrected chi connectivity index (χ4v) is 3.20. The summed E-state index contributed by atoms with van der Waals surface area (Å²) in [5, 5.41) is 0.714. The van der Waals surface area contributed by atoms with Gasteiger partial charge in [-0.3, -0.25) is 4.79 Å². The lowest BCUT2D eigenvalue weighted by Gasteiger charge is -2.18. The Morgan fingerprint density at radius 3 is 2.43 bits per heavy atom. The second-order valence-corrected chi connectivity index (χ2v) is 6.58. The van der Waals surface area contributed by atoms with Crippen molar-refractivity contribution in [3.63, 3.8) is 0 Å². The molecule has 0 saturated heterocycles. The van der Waals surface area contributed by atoms with Crippen molar-refractivity contribution in [2.75, 3.05) is 21.3 Å². The number of benzene rings is 2. The van der Waals surface area contributed by atoms with Crippen LogP contribution in [0.2, 0.25) is 0 Å². The van der Waals surface area contributed by atoms with E-state index in [4.69, 9.17) is 13.9 Å². The molecular weight excluding hydrogens is 358 g/mol. The first-order chi connectivity index (χ1) is 13.5. The second kappa shape index (κ2) is 8.17. The number of hydrogen-bond donors (Lipinski definition) is 0. The lowest BCUT2D eigenvalue weighted by Crippen LogP contribution is -2.29. The number of likely N-dealkylation sites (N-methyl/N-ethyl adjacent to an activating group) is 1. The molecule has 0 bridgehead atoms. The predicted octanol–water partition coefficient (Wildman–Crippen LogP) is 3.32. The Morgan fingerprint density at radius 2 is 1.79 bits per heavy atom. The molecule has 3 rings (SSSR count). The quantitative estimate of drug-likeness (QED) is 0.613. The normalized spacial score (nSPS) is 10.7. The zero-order valence-corrected chi connectivity index (χ0v) is 16.4. The summed E-state index contributed by atoms with van der Waals surface area (Å²) in [5.74, 6) is 0.683. The molecule has 0 radical (unpaired) electrons. The van der Waals surface area contributed by atoms with Gasteiger partial charge in [0.2, 0.25) is 11.7 Å². The smallest absolute Gasteiger partial charge is 0.340 e. The minimum Gasteiger partial charge on any atom is -0.493 e. The molecule has 0 aliphatic heterocycles. The van der Waals surface area contributed by atoms with Crippen LogP contribution < -0.4 is 15.1 Å². The zero-order valence-electron chi connectivity index (χ0n) is 16.4. The highest BCUT2D eigenvalue weighted by molar-refractivity contribution is 5.89. The van der Waals surface area contributed by atoms with E-state index in [1.165, 1.54) is 14.2 Å². The summed E-state index contributed by atoms with van der Waals surface area (Å²) >= 11 is 0. The Morgan fingerprint density at radius 1 is 1.07 bits per heavy atom. The predicted molar refractivity (Wildman–Crippen MR) is 107 cm³/mol. The van der Waals surface area contributed by atoms with Gasteiger partial charge in [-0.2, -0.15) is 0 Å². The second-order valence-electron chi connectivity index (χ2n) is 6.58. The van der Waals surface area contributed by atoms with Gasteiger partial charge in [-0.05, 0) is 30.2 Å². The number of carbonyl (C=O) groups excluding carboxylic acids is 1. The summed E-state index contributed by atoms with van der Waals surface area (Å²) < 4.78 is 16.1. The van der Waals surface area contributed by atoms with Crippen LogP contribution in [0.3, 0.4) is 0 Å². The third-order valence-corrected chi connectivity index (χ3v) is 4.81. The number of carbonyl (C=O) groups is 1. The molecule has 0 saturated carbocycles. The van der Waals surface area contributed by atoms with Gasteiger partial charge in [0.1, 0.15) is 0 Å². The molecule has 1 amide bonds. The molecule has 0 spiro atoms. The molecule has 1 aromatic heterocycles. The van der Waals surface area contributed by atoms with E-state index in [1.54, 1.807) is 24.1 Å². The Labute approximate surface area is 163 Å². The monoisotopic (exact) mass is 381 g/mol. The van der Waals surface area contributed by atoms with Crippen molar-refractivity contribution in [1.82, 2.24) is 4.90 Å². The Bertz CT molecular complexity index is 1060. The SMILES string of the molecule is COc1ccc2c(C)c(CC(=O)N(C)Cc3ccccc3)c(=O)oc2c1OC. The summed E-state index contributed by atoms with van der Waals surface area (Å²) in [6.07, 6.45) is -0.0260. The van der Waals surface area contributed by atoms with Crippen LogP contribution >= 0.6 is 0 Å². The molecule has 0 atom stereocenters. The third kappa shape index (κ3) is 3.71. The minimum atomic E-state index is -0.544. The standard InChI is InChI=1S/C22H23NO5/c1-14-16-10-11-18(26-3)21(27-4)20(16)28-22(25)17(14)12-19(24)23(2)13-15-8-6-5-7-9-15/h5-11H,12-13H2,1-4H3. The van der Waals surface area contributed by atoms with E-state index in [-0.39, 0.29) is 12.3 Å². The van der Waals surface area contributed by atoms with Crippen LogP contribution in [-0.4, -0.2) is 32.1 Å². The molecule has 0 fully saturated rings. The van der Waals surface area contributed by atoms with E-state index < -0.39 is 5.63 Å². The Kier molecular flexibility index (Phi) is 5.68. The molecule has 2 aromatic carbocycles. The molecule has 28 heavy (non-hydrogen) atoms. The van der Waals surface area contributed by atoms with Crippen LogP contribution in [-0.2, 0) is 17.8 Å². The lowest BCUT2D eigenvalue weighted by molar-refractivity contribution is -0.129. The summed E-state index contributed by atoms with van der Waals surface area (Å²) in [6.45, 7) is 2.29. The largest absolute Gasteiger partial charge is 0.493 e. The molecule has 1 heterocycles. The molecule has 0 unspecified atom stereocenters. The van der Waals surface area contributed by atoms with Crippen molar-refractivity contribution in [3.05, 3.63) is 69.6 Å². The number of fused-ring (bicyclic) bond motifs is 1. The van der Waals surface area contributed by atoms with Crippen LogP contribution in [0.1, 0.15) is 16.7 Å². The fraction of sp³-hybridized carbons (Fsp3) is 0.273. The topological polar surface area (TPSA) is 69.0 Å². The molecular formula is C22H23NO5. The van der Waals surface area contributed by atoms with Crippen LogP contribution in [0.25, 0.3) is 11.0 Å². The van der Waals surface area contributed by atoms with Gasteiger partial charge < -0.3 is 18.8 Å². The van der Waals surface area contributed by atoms with Gasteiger partial charge in [-0.25, -0.2) is 4.79 Å². The Hall–Kier alpha value is -3.28. The first kappa shape index (κ1) is 19.5. The summed E-state index contributed by atoms with van der Waals surface area (Å²) in [4.78, 5) is 26.9. The van der Waals surface area contributed by atoms with Crippen LogP contribution in [0.5, 0.6) is 11.5 Å². The average Bonchev–Trinajstić information content (AvgIpc) is 2.70. The fourth-order valence-electron chi connectivity index (χ4n) is 3.20. The van der Waals surface area contributed by atoms with Gasteiger partial charge in [-0.1, -0.05) is 30.3 Å². The highest BCUT2D eigenvalue weighted by Gasteiger charge is 2.20. The minimum absolute atomic E-state index is 0.0260. The number of nitrogens with zero attached hydrogens (tertiary/aromatic N) is 1. The maximum Gasteiger partial charge on any atom is 0.340 e. The maximum absolute atomic E-state index is 12.7. The molecule has 6 heteroatoms. The highest BCUT2D eigenvalue weighted by Crippen LogP contribution is 2.36. The van der Waals surface area contributed by atoms with Crippen molar-refractivity contribution in [2.24, 2.45) is 0 Å². The lowest BCUT2D eigenvalue weighted by atomic mass is 10.0. The summed E-state index contributed by atoms with van der Waals surface area (Å²) in [5.41, 5.74) is 1.85. The van der Waals surface area contributed by atoms with Gasteiger partial charge in [0.05, 0.1) is 26.2 Å². The van der Waals surface area contributed by atoms with E-state index in [1.807, 2.05) is 37.3 Å². The summed E-state index contributed by atoms with van der Waals surface area (Å²) in [7, 11) is 4.73. The van der Waals surface area contributed by atoms with Crippen LogP contribution in [0.15, 0.2) is 51.7 Å². The Balaban J connectivity index is 1.93.